The molecule has 1 unspecified atom stereocenters. The minimum absolute atomic E-state index is 0.0961. The van der Waals surface area contributed by atoms with E-state index in [9.17, 15) is 13.2 Å². The zero-order valence-corrected chi connectivity index (χ0v) is 13.8. The van der Waals surface area contributed by atoms with E-state index in [1.807, 2.05) is 18.2 Å². The summed E-state index contributed by atoms with van der Waals surface area (Å²) in [7, 11) is -3.56. The van der Waals surface area contributed by atoms with E-state index in [-0.39, 0.29) is 24.0 Å². The summed E-state index contributed by atoms with van der Waals surface area (Å²) >= 11 is 6.80. The van der Waals surface area contributed by atoms with E-state index in [2.05, 4.69) is 31.9 Å². The third kappa shape index (κ3) is 3.56. The van der Waals surface area contributed by atoms with Crippen molar-refractivity contribution in [2.45, 2.75) is 6.42 Å². The Morgan fingerprint density at radius 3 is 2.42 bits per heavy atom. The molecule has 2 N–H and O–H groups in total. The van der Waals surface area contributed by atoms with Gasteiger partial charge < -0.3 is 4.90 Å². The van der Waals surface area contributed by atoms with Gasteiger partial charge >= 0.3 is 0 Å². The number of primary sulfonamides is 1. The van der Waals surface area contributed by atoms with Crippen molar-refractivity contribution in [3.05, 3.63) is 27.1 Å². The Balaban J connectivity index is 2.26. The Hall–Kier alpha value is -0.440. The first-order valence-corrected chi connectivity index (χ1v) is 8.83. The van der Waals surface area contributed by atoms with Crippen LogP contribution in [-0.4, -0.2) is 26.6 Å². The fourth-order valence-electron chi connectivity index (χ4n) is 2.18. The molecule has 0 radical (unpaired) electrons. The first-order valence-electron chi connectivity index (χ1n) is 5.53. The number of para-hydroxylation sites is 1. The van der Waals surface area contributed by atoms with Crippen LogP contribution in [0.25, 0.3) is 0 Å². The standard InChI is InChI=1S/C11H12Br2N2O3S/c12-8-2-1-3-9(13)11(8)15-5-7(4-10(15)16)6-19(14,17)18/h1-3,7H,4-6H2,(H2,14,17,18). The number of amides is 1. The third-order valence-corrected chi connectivity index (χ3v) is 5.10. The maximum atomic E-state index is 12.0. The highest BCUT2D eigenvalue weighted by molar-refractivity contribution is 9.11. The normalized spacial score (nSPS) is 20.1. The molecule has 0 saturated carbocycles. The largest absolute Gasteiger partial charge is 0.310 e. The molecule has 19 heavy (non-hydrogen) atoms. The van der Waals surface area contributed by atoms with Crippen LogP contribution in [0.4, 0.5) is 5.69 Å². The molecule has 2 rings (SSSR count). The predicted molar refractivity (Wildman–Crippen MR) is 80.3 cm³/mol. The van der Waals surface area contributed by atoms with Crippen LogP contribution in [-0.2, 0) is 14.8 Å². The van der Waals surface area contributed by atoms with E-state index >= 15 is 0 Å². The Bertz CT molecular complexity index is 598. The highest BCUT2D eigenvalue weighted by Gasteiger charge is 2.34. The molecule has 1 fully saturated rings. The summed E-state index contributed by atoms with van der Waals surface area (Å²) in [4.78, 5) is 13.6. The Morgan fingerprint density at radius 1 is 1.32 bits per heavy atom. The fourth-order valence-corrected chi connectivity index (χ4v) is 4.49. The summed E-state index contributed by atoms with van der Waals surface area (Å²) in [6, 6.07) is 5.51. The van der Waals surface area contributed by atoms with Gasteiger partial charge in [0.25, 0.3) is 0 Å². The molecule has 8 heteroatoms. The average Bonchev–Trinajstić information content (AvgIpc) is 2.56. The quantitative estimate of drug-likeness (QED) is 0.823. The summed E-state index contributed by atoms with van der Waals surface area (Å²) < 4.78 is 23.8. The lowest BCUT2D eigenvalue weighted by atomic mass is 10.1. The second kappa shape index (κ2) is 5.51. The van der Waals surface area contributed by atoms with Gasteiger partial charge in [-0.2, -0.15) is 0 Å². The topological polar surface area (TPSA) is 80.5 Å². The molecule has 0 aromatic heterocycles. The number of carbonyl (C=O) groups excluding carboxylic acids is 1. The summed E-state index contributed by atoms with van der Waals surface area (Å²) in [5.41, 5.74) is 0.726. The maximum Gasteiger partial charge on any atom is 0.227 e. The van der Waals surface area contributed by atoms with Crippen molar-refractivity contribution < 1.29 is 13.2 Å². The lowest BCUT2D eigenvalue weighted by Crippen LogP contribution is -2.28. The van der Waals surface area contributed by atoms with E-state index in [1.54, 1.807) is 4.90 Å². The molecule has 0 aliphatic carbocycles. The van der Waals surface area contributed by atoms with Crippen LogP contribution in [0.1, 0.15) is 6.42 Å². The van der Waals surface area contributed by atoms with Gasteiger partial charge in [-0.15, -0.1) is 0 Å². The SMILES string of the molecule is NS(=O)(=O)CC1CC(=O)N(c2c(Br)cccc2Br)C1. The summed E-state index contributed by atoms with van der Waals surface area (Å²) in [6.07, 6.45) is 0.199. The molecule has 104 valence electrons. The van der Waals surface area contributed by atoms with Crippen LogP contribution < -0.4 is 10.0 Å². The van der Waals surface area contributed by atoms with Gasteiger partial charge in [-0.05, 0) is 44.0 Å². The Labute approximate surface area is 128 Å². The number of carbonyl (C=O) groups is 1. The molecular formula is C11H12Br2N2O3S. The number of sulfonamides is 1. The lowest BCUT2D eigenvalue weighted by Gasteiger charge is -2.19. The summed E-state index contributed by atoms with van der Waals surface area (Å²) in [5.74, 6) is -0.528. The Kier molecular flexibility index (Phi) is 4.34. The molecule has 1 aliphatic rings. The molecule has 0 bridgehead atoms. The van der Waals surface area contributed by atoms with Gasteiger partial charge in [-0.1, -0.05) is 6.07 Å². The van der Waals surface area contributed by atoms with Crippen molar-refractivity contribution in [3.8, 4) is 0 Å². The number of hydrogen-bond donors (Lipinski definition) is 1. The van der Waals surface area contributed by atoms with Crippen LogP contribution in [0.3, 0.4) is 0 Å². The molecule has 5 nitrogen and oxygen atoms in total. The monoisotopic (exact) mass is 410 g/mol. The minimum Gasteiger partial charge on any atom is -0.310 e. The second-order valence-electron chi connectivity index (χ2n) is 4.47. The number of halogens is 2. The van der Waals surface area contributed by atoms with Crippen LogP contribution in [0.5, 0.6) is 0 Å². The fraction of sp³-hybridized carbons (Fsp3) is 0.364. The maximum absolute atomic E-state index is 12.0. The second-order valence-corrected chi connectivity index (χ2v) is 7.84. The van der Waals surface area contributed by atoms with Crippen LogP contribution in [0.15, 0.2) is 27.1 Å². The van der Waals surface area contributed by atoms with E-state index in [0.29, 0.717) is 6.54 Å². The first kappa shape index (κ1) is 15.0. The highest BCUT2D eigenvalue weighted by Crippen LogP contribution is 2.37. The zero-order chi connectivity index (χ0) is 14.2. The lowest BCUT2D eigenvalue weighted by molar-refractivity contribution is -0.117. The smallest absolute Gasteiger partial charge is 0.227 e. The molecular weight excluding hydrogens is 400 g/mol. The van der Waals surface area contributed by atoms with Gasteiger partial charge in [-0.25, -0.2) is 13.6 Å². The zero-order valence-electron chi connectivity index (χ0n) is 9.84. The molecule has 1 amide bonds. The highest BCUT2D eigenvalue weighted by atomic mass is 79.9. The van der Waals surface area contributed by atoms with Gasteiger partial charge in [0.2, 0.25) is 15.9 Å². The van der Waals surface area contributed by atoms with Crippen molar-refractivity contribution in [2.24, 2.45) is 11.1 Å². The average molecular weight is 412 g/mol. The predicted octanol–water partition coefficient (Wildman–Crippen LogP) is 1.85. The van der Waals surface area contributed by atoms with Crippen molar-refractivity contribution in [1.82, 2.24) is 0 Å². The molecule has 1 atom stereocenters. The van der Waals surface area contributed by atoms with Gasteiger partial charge in [-0.3, -0.25) is 4.79 Å². The number of anilines is 1. The number of hydrogen-bond acceptors (Lipinski definition) is 3. The van der Waals surface area contributed by atoms with Crippen molar-refractivity contribution in [2.75, 3.05) is 17.2 Å². The molecule has 1 aliphatic heterocycles. The van der Waals surface area contributed by atoms with E-state index in [4.69, 9.17) is 5.14 Å². The van der Waals surface area contributed by atoms with Crippen LogP contribution in [0, 0.1) is 5.92 Å². The first-order chi connectivity index (χ1) is 8.78. The van der Waals surface area contributed by atoms with Crippen molar-refractivity contribution in [1.29, 1.82) is 0 Å². The van der Waals surface area contributed by atoms with Crippen molar-refractivity contribution >= 4 is 53.5 Å². The third-order valence-electron chi connectivity index (χ3n) is 2.88. The molecule has 1 saturated heterocycles. The van der Waals surface area contributed by atoms with Crippen LogP contribution >= 0.6 is 31.9 Å². The van der Waals surface area contributed by atoms with Gasteiger partial charge in [0.1, 0.15) is 0 Å². The van der Waals surface area contributed by atoms with Gasteiger partial charge in [0, 0.05) is 27.8 Å². The van der Waals surface area contributed by atoms with Crippen LogP contribution in [0.2, 0.25) is 0 Å². The number of benzene rings is 1. The van der Waals surface area contributed by atoms with Gasteiger partial charge in [0.05, 0.1) is 11.4 Å². The van der Waals surface area contributed by atoms with E-state index in [0.717, 1.165) is 14.6 Å². The molecule has 1 aromatic rings. The number of nitrogens with zero attached hydrogens (tertiary/aromatic N) is 1. The molecule has 0 spiro atoms. The summed E-state index contributed by atoms with van der Waals surface area (Å²) in [5, 5.41) is 5.03. The number of nitrogens with two attached hydrogens (primary N) is 1. The van der Waals surface area contributed by atoms with E-state index in [1.165, 1.54) is 0 Å². The van der Waals surface area contributed by atoms with Gasteiger partial charge in [0.15, 0.2) is 0 Å². The summed E-state index contributed by atoms with van der Waals surface area (Å²) in [6.45, 7) is 0.358. The van der Waals surface area contributed by atoms with E-state index < -0.39 is 10.0 Å². The molecule has 1 aromatic carbocycles. The number of rotatable bonds is 3. The molecule has 1 heterocycles. The Morgan fingerprint density at radius 2 is 1.89 bits per heavy atom. The van der Waals surface area contributed by atoms with Crippen molar-refractivity contribution in [3.63, 3.8) is 0 Å². The minimum atomic E-state index is -3.56.